The van der Waals surface area contributed by atoms with E-state index in [9.17, 15) is 0 Å². The molecule has 124 valence electrons. The molecular weight excluding hydrogens is 308 g/mol. The average Bonchev–Trinajstić information content (AvgIpc) is 2.83. The molecule has 3 rings (SSSR count). The van der Waals surface area contributed by atoms with Crippen molar-refractivity contribution in [3.05, 3.63) is 35.1 Å². The van der Waals surface area contributed by atoms with Gasteiger partial charge in [0.25, 0.3) is 0 Å². The standard InChI is InChI=1S/C17H24N4OS/c1-4-20-16(15-8-6-5-7-9-15)18-21(17(20)23)12-19-10-13(2)22-14(3)11-19/h5-9,13-14H,4,10-12H2,1-3H3/t13-,14+. The molecule has 6 heteroatoms. The van der Waals surface area contributed by atoms with Gasteiger partial charge in [0, 0.05) is 25.2 Å². The zero-order valence-corrected chi connectivity index (χ0v) is 14.8. The highest BCUT2D eigenvalue weighted by Crippen LogP contribution is 2.19. The molecule has 1 aliphatic heterocycles. The summed E-state index contributed by atoms with van der Waals surface area (Å²) in [4.78, 5) is 2.36. The second-order valence-electron chi connectivity index (χ2n) is 6.15. The van der Waals surface area contributed by atoms with Gasteiger partial charge in [0.05, 0.1) is 18.9 Å². The van der Waals surface area contributed by atoms with Crippen molar-refractivity contribution in [2.45, 2.75) is 46.2 Å². The Balaban J connectivity index is 1.89. The van der Waals surface area contributed by atoms with Crippen molar-refractivity contribution in [3.8, 4) is 11.4 Å². The highest BCUT2D eigenvalue weighted by atomic mass is 32.1. The number of ether oxygens (including phenoxy) is 1. The van der Waals surface area contributed by atoms with Crippen LogP contribution in [-0.2, 0) is 18.0 Å². The van der Waals surface area contributed by atoms with Crippen LogP contribution in [0.15, 0.2) is 30.3 Å². The zero-order valence-electron chi connectivity index (χ0n) is 14.0. The summed E-state index contributed by atoms with van der Waals surface area (Å²) in [5, 5.41) is 4.79. The fourth-order valence-corrected chi connectivity index (χ4v) is 3.52. The number of nitrogens with zero attached hydrogens (tertiary/aromatic N) is 4. The fourth-order valence-electron chi connectivity index (χ4n) is 3.21. The molecule has 0 spiro atoms. The minimum atomic E-state index is 0.245. The smallest absolute Gasteiger partial charge is 0.199 e. The summed E-state index contributed by atoms with van der Waals surface area (Å²) in [6, 6.07) is 10.2. The maximum atomic E-state index is 5.80. The third-order valence-electron chi connectivity index (χ3n) is 4.10. The van der Waals surface area contributed by atoms with Crippen molar-refractivity contribution in [3.63, 3.8) is 0 Å². The van der Waals surface area contributed by atoms with Crippen molar-refractivity contribution >= 4 is 12.2 Å². The van der Waals surface area contributed by atoms with E-state index in [0.717, 1.165) is 35.8 Å². The molecule has 0 aliphatic carbocycles. The van der Waals surface area contributed by atoms with Crippen molar-refractivity contribution in [2.24, 2.45) is 0 Å². The van der Waals surface area contributed by atoms with Crippen LogP contribution in [0.5, 0.6) is 0 Å². The molecule has 1 fully saturated rings. The van der Waals surface area contributed by atoms with Crippen molar-refractivity contribution in [2.75, 3.05) is 13.1 Å². The van der Waals surface area contributed by atoms with E-state index in [1.807, 2.05) is 22.9 Å². The van der Waals surface area contributed by atoms with Gasteiger partial charge in [-0.2, -0.15) is 5.10 Å². The van der Waals surface area contributed by atoms with Crippen LogP contribution >= 0.6 is 12.2 Å². The zero-order chi connectivity index (χ0) is 16.4. The van der Waals surface area contributed by atoms with Crippen LogP contribution in [0.25, 0.3) is 11.4 Å². The van der Waals surface area contributed by atoms with Crippen LogP contribution in [0.2, 0.25) is 0 Å². The van der Waals surface area contributed by atoms with Crippen LogP contribution in [0, 0.1) is 4.77 Å². The van der Waals surface area contributed by atoms with E-state index in [1.54, 1.807) is 0 Å². The maximum absolute atomic E-state index is 5.80. The predicted octanol–water partition coefficient (Wildman–Crippen LogP) is 3.17. The molecule has 0 unspecified atom stereocenters. The Bertz CT molecular complexity index is 699. The van der Waals surface area contributed by atoms with Crippen LogP contribution < -0.4 is 0 Å². The summed E-state index contributed by atoms with van der Waals surface area (Å²) in [5.74, 6) is 0.937. The summed E-state index contributed by atoms with van der Waals surface area (Å²) in [6.07, 6.45) is 0.490. The van der Waals surface area contributed by atoms with Crippen LogP contribution in [-0.4, -0.2) is 44.5 Å². The normalized spacial score (nSPS) is 22.4. The SMILES string of the molecule is CCn1c(-c2ccccc2)nn(CN2C[C@@H](C)O[C@@H](C)C2)c1=S. The van der Waals surface area contributed by atoms with Gasteiger partial charge in [-0.1, -0.05) is 30.3 Å². The van der Waals surface area contributed by atoms with Gasteiger partial charge in [0.1, 0.15) is 0 Å². The Morgan fingerprint density at radius 2 is 1.83 bits per heavy atom. The van der Waals surface area contributed by atoms with E-state index in [0.29, 0.717) is 6.67 Å². The Kier molecular flexibility index (Phi) is 4.94. The molecule has 2 aromatic rings. The fraction of sp³-hybridized carbons (Fsp3) is 0.529. The molecule has 0 N–H and O–H groups in total. The molecule has 1 saturated heterocycles. The van der Waals surface area contributed by atoms with E-state index in [4.69, 9.17) is 22.1 Å². The monoisotopic (exact) mass is 332 g/mol. The number of aromatic nitrogens is 3. The Labute approximate surface area is 142 Å². The van der Waals surface area contributed by atoms with E-state index >= 15 is 0 Å². The Morgan fingerprint density at radius 1 is 1.17 bits per heavy atom. The van der Waals surface area contributed by atoms with Crippen LogP contribution in [0.3, 0.4) is 0 Å². The highest BCUT2D eigenvalue weighted by Gasteiger charge is 2.23. The summed E-state index contributed by atoms with van der Waals surface area (Å²) in [6.45, 7) is 9.68. The van der Waals surface area contributed by atoms with Gasteiger partial charge in [0.15, 0.2) is 10.6 Å². The average molecular weight is 332 g/mol. The van der Waals surface area contributed by atoms with Gasteiger partial charge in [0.2, 0.25) is 0 Å². The molecular formula is C17H24N4OS. The van der Waals surface area contributed by atoms with Gasteiger partial charge in [-0.05, 0) is 33.0 Å². The van der Waals surface area contributed by atoms with Gasteiger partial charge >= 0.3 is 0 Å². The van der Waals surface area contributed by atoms with E-state index in [2.05, 4.69) is 42.4 Å². The predicted molar refractivity (Wildman–Crippen MR) is 93.7 cm³/mol. The molecule has 1 aromatic carbocycles. The summed E-state index contributed by atoms with van der Waals surface area (Å²) in [7, 11) is 0. The number of hydrogen-bond acceptors (Lipinski definition) is 4. The summed E-state index contributed by atoms with van der Waals surface area (Å²) in [5.41, 5.74) is 1.10. The molecule has 5 nitrogen and oxygen atoms in total. The van der Waals surface area contributed by atoms with E-state index in [1.165, 1.54) is 0 Å². The third-order valence-corrected chi connectivity index (χ3v) is 4.53. The lowest BCUT2D eigenvalue weighted by Crippen LogP contribution is -2.46. The van der Waals surface area contributed by atoms with Gasteiger partial charge in [-0.15, -0.1) is 0 Å². The molecule has 0 saturated carbocycles. The minimum absolute atomic E-state index is 0.245. The molecule has 23 heavy (non-hydrogen) atoms. The number of morpholine rings is 1. The molecule has 2 heterocycles. The number of hydrogen-bond donors (Lipinski definition) is 0. The lowest BCUT2D eigenvalue weighted by atomic mass is 10.2. The highest BCUT2D eigenvalue weighted by molar-refractivity contribution is 7.71. The molecule has 0 bridgehead atoms. The van der Waals surface area contributed by atoms with Gasteiger partial charge in [-0.3, -0.25) is 4.90 Å². The molecule has 1 aromatic heterocycles. The van der Waals surface area contributed by atoms with Crippen molar-refractivity contribution < 1.29 is 4.74 Å². The molecule has 0 amide bonds. The lowest BCUT2D eigenvalue weighted by molar-refractivity contribution is -0.0777. The lowest BCUT2D eigenvalue weighted by Gasteiger charge is -2.34. The molecule has 0 radical (unpaired) electrons. The quantitative estimate of drug-likeness (QED) is 0.806. The first kappa shape index (κ1) is 16.4. The first-order valence-electron chi connectivity index (χ1n) is 8.19. The summed E-state index contributed by atoms with van der Waals surface area (Å²) >= 11 is 5.64. The van der Waals surface area contributed by atoms with Gasteiger partial charge in [-0.25, -0.2) is 4.68 Å². The molecule has 1 aliphatic rings. The maximum Gasteiger partial charge on any atom is 0.199 e. The van der Waals surface area contributed by atoms with E-state index in [-0.39, 0.29) is 12.2 Å². The van der Waals surface area contributed by atoms with Crippen molar-refractivity contribution in [1.29, 1.82) is 0 Å². The number of rotatable bonds is 4. The van der Waals surface area contributed by atoms with E-state index < -0.39 is 0 Å². The Morgan fingerprint density at radius 3 is 2.43 bits per heavy atom. The van der Waals surface area contributed by atoms with Crippen molar-refractivity contribution in [1.82, 2.24) is 19.2 Å². The Hall–Kier alpha value is -1.50. The second kappa shape index (κ2) is 6.95. The second-order valence-corrected chi connectivity index (χ2v) is 6.52. The minimum Gasteiger partial charge on any atom is -0.373 e. The largest absolute Gasteiger partial charge is 0.373 e. The topological polar surface area (TPSA) is 35.2 Å². The van der Waals surface area contributed by atoms with Gasteiger partial charge < -0.3 is 9.30 Å². The van der Waals surface area contributed by atoms with Crippen LogP contribution in [0.1, 0.15) is 20.8 Å². The molecule has 2 atom stereocenters. The summed E-state index contributed by atoms with van der Waals surface area (Å²) < 4.78 is 10.6. The first-order valence-corrected chi connectivity index (χ1v) is 8.60. The first-order chi connectivity index (χ1) is 11.1. The number of benzene rings is 1. The third kappa shape index (κ3) is 3.54. The van der Waals surface area contributed by atoms with Crippen LogP contribution in [0.4, 0.5) is 0 Å².